The van der Waals surface area contributed by atoms with Crippen LogP contribution in [0.1, 0.15) is 5.01 Å². The first-order chi connectivity index (χ1) is 4.86. The van der Waals surface area contributed by atoms with Crippen molar-refractivity contribution in [2.75, 3.05) is 18.9 Å². The molecule has 0 spiro atoms. The van der Waals surface area contributed by atoms with Crippen LogP contribution in [0.4, 0.5) is 5.13 Å². The molecular formula is C5H10N4S. The highest BCUT2D eigenvalue weighted by Crippen LogP contribution is 2.13. The molecule has 0 atom stereocenters. The predicted molar refractivity (Wildman–Crippen MR) is 42.2 cm³/mol. The minimum absolute atomic E-state index is 0.637. The molecule has 0 unspecified atom stereocenters. The van der Waals surface area contributed by atoms with E-state index in [4.69, 9.17) is 5.73 Å². The molecule has 1 aromatic heterocycles. The summed E-state index contributed by atoms with van der Waals surface area (Å²) >= 11 is 1.54. The van der Waals surface area contributed by atoms with E-state index in [9.17, 15) is 0 Å². The lowest BCUT2D eigenvalue weighted by Crippen LogP contribution is -2.01. The monoisotopic (exact) mass is 158 g/mol. The third-order valence-corrected chi connectivity index (χ3v) is 2.04. The van der Waals surface area contributed by atoms with Crippen LogP contribution in [0.25, 0.3) is 0 Å². The van der Waals surface area contributed by atoms with Gasteiger partial charge in [-0.3, -0.25) is 0 Å². The summed E-state index contributed by atoms with van der Waals surface area (Å²) in [6, 6.07) is 0. The van der Waals surface area contributed by atoms with Crippen LogP contribution in [0.5, 0.6) is 0 Å². The third-order valence-electron chi connectivity index (χ3n) is 1.04. The molecule has 0 aromatic carbocycles. The first-order valence-electron chi connectivity index (χ1n) is 3.07. The fraction of sp³-hybridized carbons (Fsp3) is 0.600. The molecule has 0 fully saturated rings. The molecule has 0 aliphatic heterocycles. The Labute approximate surface area is 63.5 Å². The van der Waals surface area contributed by atoms with E-state index >= 15 is 0 Å². The van der Waals surface area contributed by atoms with Crippen LogP contribution in [0.15, 0.2) is 0 Å². The maximum atomic E-state index is 5.33. The maximum absolute atomic E-state index is 5.33. The van der Waals surface area contributed by atoms with E-state index in [-0.39, 0.29) is 0 Å². The summed E-state index contributed by atoms with van der Waals surface area (Å²) in [5.41, 5.74) is 5.33. The summed E-state index contributed by atoms with van der Waals surface area (Å²) in [5.74, 6) is 0. The maximum Gasteiger partial charge on any atom is 0.205 e. The Morgan fingerprint density at radius 1 is 1.60 bits per heavy atom. The molecule has 0 aliphatic carbocycles. The zero-order chi connectivity index (χ0) is 7.40. The Kier molecular flexibility index (Phi) is 2.58. The van der Waals surface area contributed by atoms with Gasteiger partial charge in [0.05, 0.1) is 0 Å². The van der Waals surface area contributed by atoms with Crippen LogP contribution in [0, 0.1) is 0 Å². The Morgan fingerprint density at radius 3 is 2.90 bits per heavy atom. The molecule has 0 amide bonds. The molecule has 0 bridgehead atoms. The second kappa shape index (κ2) is 3.48. The number of hydrogen-bond donors (Lipinski definition) is 2. The van der Waals surface area contributed by atoms with Gasteiger partial charge in [0.25, 0.3) is 0 Å². The fourth-order valence-electron chi connectivity index (χ4n) is 0.579. The minimum Gasteiger partial charge on any atom is -0.363 e. The average molecular weight is 158 g/mol. The Hall–Kier alpha value is -0.680. The van der Waals surface area contributed by atoms with E-state index < -0.39 is 0 Å². The van der Waals surface area contributed by atoms with Crippen molar-refractivity contribution in [2.45, 2.75) is 6.42 Å². The number of nitrogens with zero attached hydrogens (tertiary/aromatic N) is 2. The number of nitrogens with two attached hydrogens (primary N) is 1. The number of rotatable bonds is 3. The van der Waals surface area contributed by atoms with Gasteiger partial charge in [-0.15, -0.1) is 10.2 Å². The van der Waals surface area contributed by atoms with Crippen molar-refractivity contribution >= 4 is 16.5 Å². The van der Waals surface area contributed by atoms with Crippen LogP contribution in [0.3, 0.4) is 0 Å². The van der Waals surface area contributed by atoms with Crippen molar-refractivity contribution < 1.29 is 0 Å². The number of aromatic nitrogens is 2. The molecule has 10 heavy (non-hydrogen) atoms. The zero-order valence-electron chi connectivity index (χ0n) is 5.79. The molecule has 1 aromatic rings. The topological polar surface area (TPSA) is 63.8 Å². The van der Waals surface area contributed by atoms with Gasteiger partial charge in [0, 0.05) is 13.5 Å². The standard InChI is InChI=1S/C5H10N4S/c1-7-5-9-8-4(10-5)2-3-6/h2-3,6H2,1H3,(H,7,9). The highest BCUT2D eigenvalue weighted by atomic mass is 32.1. The van der Waals surface area contributed by atoms with Gasteiger partial charge < -0.3 is 11.1 Å². The lowest BCUT2D eigenvalue weighted by Gasteiger charge is -1.86. The first-order valence-corrected chi connectivity index (χ1v) is 3.88. The molecule has 0 saturated carbocycles. The summed E-state index contributed by atoms with van der Waals surface area (Å²) in [6.07, 6.45) is 0.819. The van der Waals surface area contributed by atoms with Crippen LogP contribution < -0.4 is 11.1 Å². The summed E-state index contributed by atoms with van der Waals surface area (Å²) in [4.78, 5) is 0. The van der Waals surface area contributed by atoms with Crippen LogP contribution in [-0.2, 0) is 6.42 Å². The van der Waals surface area contributed by atoms with Crippen molar-refractivity contribution in [3.8, 4) is 0 Å². The van der Waals surface area contributed by atoms with E-state index in [1.165, 1.54) is 0 Å². The summed E-state index contributed by atoms with van der Waals surface area (Å²) in [7, 11) is 1.83. The van der Waals surface area contributed by atoms with Gasteiger partial charge in [0.2, 0.25) is 5.13 Å². The lowest BCUT2D eigenvalue weighted by atomic mass is 10.5. The molecule has 1 heterocycles. The van der Waals surface area contributed by atoms with Crippen molar-refractivity contribution in [2.24, 2.45) is 5.73 Å². The van der Waals surface area contributed by atoms with E-state index in [1.54, 1.807) is 11.3 Å². The van der Waals surface area contributed by atoms with Crippen molar-refractivity contribution in [3.63, 3.8) is 0 Å². The third kappa shape index (κ3) is 1.65. The van der Waals surface area contributed by atoms with Gasteiger partial charge in [0.15, 0.2) is 0 Å². The van der Waals surface area contributed by atoms with Gasteiger partial charge >= 0.3 is 0 Å². The summed E-state index contributed by atoms with van der Waals surface area (Å²) < 4.78 is 0. The molecule has 0 radical (unpaired) electrons. The second-order valence-corrected chi connectivity index (χ2v) is 2.85. The van der Waals surface area contributed by atoms with Gasteiger partial charge in [-0.1, -0.05) is 11.3 Å². The SMILES string of the molecule is CNc1nnc(CCN)s1. The highest BCUT2D eigenvalue weighted by Gasteiger charge is 1.99. The van der Waals surface area contributed by atoms with Gasteiger partial charge in [-0.05, 0) is 6.54 Å². The second-order valence-electron chi connectivity index (χ2n) is 1.79. The largest absolute Gasteiger partial charge is 0.363 e. The van der Waals surface area contributed by atoms with E-state index in [0.29, 0.717) is 6.54 Å². The number of anilines is 1. The first kappa shape index (κ1) is 7.43. The van der Waals surface area contributed by atoms with E-state index in [2.05, 4.69) is 15.5 Å². The van der Waals surface area contributed by atoms with Gasteiger partial charge in [-0.2, -0.15) is 0 Å². The molecular weight excluding hydrogens is 148 g/mol. The van der Waals surface area contributed by atoms with E-state index in [1.807, 2.05) is 7.05 Å². The van der Waals surface area contributed by atoms with Crippen LogP contribution in [0.2, 0.25) is 0 Å². The van der Waals surface area contributed by atoms with Gasteiger partial charge in [0.1, 0.15) is 5.01 Å². The fourth-order valence-corrected chi connectivity index (χ4v) is 1.29. The highest BCUT2D eigenvalue weighted by molar-refractivity contribution is 7.15. The van der Waals surface area contributed by atoms with Crippen LogP contribution in [-0.4, -0.2) is 23.8 Å². The normalized spacial score (nSPS) is 9.80. The molecule has 0 saturated heterocycles. The molecule has 0 aliphatic rings. The molecule has 1 rings (SSSR count). The Bertz CT molecular complexity index is 197. The molecule has 4 nitrogen and oxygen atoms in total. The van der Waals surface area contributed by atoms with Crippen LogP contribution >= 0.6 is 11.3 Å². The smallest absolute Gasteiger partial charge is 0.205 e. The van der Waals surface area contributed by atoms with Crippen molar-refractivity contribution in [3.05, 3.63) is 5.01 Å². The summed E-state index contributed by atoms with van der Waals surface area (Å²) in [5, 5.41) is 12.5. The molecule has 5 heteroatoms. The molecule has 3 N–H and O–H groups in total. The quantitative estimate of drug-likeness (QED) is 0.654. The minimum atomic E-state index is 0.637. The van der Waals surface area contributed by atoms with Crippen molar-refractivity contribution in [1.82, 2.24) is 10.2 Å². The zero-order valence-corrected chi connectivity index (χ0v) is 6.61. The number of nitrogens with one attached hydrogen (secondary N) is 1. The lowest BCUT2D eigenvalue weighted by molar-refractivity contribution is 0.913. The van der Waals surface area contributed by atoms with Crippen molar-refractivity contribution in [1.29, 1.82) is 0 Å². The molecule has 56 valence electrons. The van der Waals surface area contributed by atoms with E-state index in [0.717, 1.165) is 16.6 Å². The number of hydrogen-bond acceptors (Lipinski definition) is 5. The average Bonchev–Trinajstić information content (AvgIpc) is 2.37. The Balaban J connectivity index is 2.59. The van der Waals surface area contributed by atoms with Gasteiger partial charge in [-0.25, -0.2) is 0 Å². The Morgan fingerprint density at radius 2 is 2.40 bits per heavy atom. The summed E-state index contributed by atoms with van der Waals surface area (Å²) in [6.45, 7) is 0.637. The predicted octanol–water partition coefficient (Wildman–Crippen LogP) is 0.0810.